The maximum absolute atomic E-state index is 2.37. The zero-order chi connectivity index (χ0) is 23.4. The van der Waals surface area contributed by atoms with E-state index in [0.717, 1.165) is 6.42 Å². The number of aromatic nitrogens is 1. The van der Waals surface area contributed by atoms with E-state index in [2.05, 4.69) is 73.3 Å². The lowest BCUT2D eigenvalue weighted by Crippen LogP contribution is -2.39. The Morgan fingerprint density at radius 2 is 1.00 bits per heavy atom. The van der Waals surface area contributed by atoms with Gasteiger partial charge < -0.3 is 0 Å². The Labute approximate surface area is 206 Å². The highest BCUT2D eigenvalue weighted by Gasteiger charge is 2.17. The number of rotatable bonds is 20. The Bertz CT molecular complexity index is 675. The number of pyridine rings is 1. The first-order valence-corrected chi connectivity index (χ1v) is 14.4. The maximum Gasteiger partial charge on any atom is 0.183 e. The third kappa shape index (κ3) is 12.4. The average Bonchev–Trinajstić information content (AvgIpc) is 2.86. The molecule has 0 bridgehead atoms. The summed E-state index contributed by atoms with van der Waals surface area (Å²) in [4.78, 5) is 0. The summed E-state index contributed by atoms with van der Waals surface area (Å²) in [7, 11) is 0. The summed E-state index contributed by atoms with van der Waals surface area (Å²) in [5, 5.41) is 0. The third-order valence-corrected chi connectivity index (χ3v) is 7.17. The first kappa shape index (κ1) is 27.6. The molecule has 1 nitrogen and oxygen atoms in total. The lowest BCUT2D eigenvalue weighted by atomic mass is 10.0. The molecule has 1 aromatic carbocycles. The van der Waals surface area contributed by atoms with Crippen molar-refractivity contribution in [2.75, 3.05) is 0 Å². The van der Waals surface area contributed by atoms with Gasteiger partial charge in [0.2, 0.25) is 0 Å². The molecule has 1 heterocycles. The van der Waals surface area contributed by atoms with E-state index in [1.165, 1.54) is 120 Å². The van der Waals surface area contributed by atoms with Crippen LogP contribution in [0.2, 0.25) is 0 Å². The Morgan fingerprint density at radius 3 is 1.45 bits per heavy atom. The molecule has 0 saturated heterocycles. The van der Waals surface area contributed by atoms with Crippen molar-refractivity contribution in [3.63, 3.8) is 0 Å². The molecule has 2 rings (SSSR count). The van der Waals surface area contributed by atoms with E-state index in [1.807, 2.05) is 0 Å². The van der Waals surface area contributed by atoms with E-state index in [0.29, 0.717) is 6.04 Å². The van der Waals surface area contributed by atoms with Gasteiger partial charge in [0.15, 0.2) is 18.4 Å². The van der Waals surface area contributed by atoms with Gasteiger partial charge in [-0.15, -0.1) is 0 Å². The van der Waals surface area contributed by atoms with Crippen LogP contribution in [0.1, 0.15) is 140 Å². The second kappa shape index (κ2) is 18.8. The van der Waals surface area contributed by atoms with Gasteiger partial charge in [0, 0.05) is 24.1 Å². The molecule has 0 aliphatic carbocycles. The summed E-state index contributed by atoms with van der Waals surface area (Å²) >= 11 is 0. The number of aryl methyl sites for hydroxylation is 1. The Hall–Kier alpha value is -1.63. The first-order chi connectivity index (χ1) is 16.3. The molecule has 1 aromatic heterocycles. The molecule has 0 spiro atoms. The fourth-order valence-electron chi connectivity index (χ4n) is 5.01. The lowest BCUT2D eigenvalue weighted by molar-refractivity contribution is -0.714. The molecule has 1 heteroatoms. The first-order valence-electron chi connectivity index (χ1n) is 14.4. The number of benzene rings is 1. The van der Waals surface area contributed by atoms with E-state index in [4.69, 9.17) is 0 Å². The average molecular weight is 451 g/mol. The summed E-state index contributed by atoms with van der Waals surface area (Å²) in [6, 6.07) is 16.0. The van der Waals surface area contributed by atoms with Gasteiger partial charge in [0.25, 0.3) is 0 Å². The van der Waals surface area contributed by atoms with E-state index < -0.39 is 0 Å². The van der Waals surface area contributed by atoms with Gasteiger partial charge in [-0.05, 0) is 18.4 Å². The summed E-state index contributed by atoms with van der Waals surface area (Å²) in [5.41, 5.74) is 2.88. The van der Waals surface area contributed by atoms with Crippen LogP contribution in [0.3, 0.4) is 0 Å². The highest BCUT2D eigenvalue weighted by Crippen LogP contribution is 2.17. The van der Waals surface area contributed by atoms with Crippen molar-refractivity contribution in [2.45, 2.75) is 135 Å². The summed E-state index contributed by atoms with van der Waals surface area (Å²) in [6.45, 7) is 4.57. The third-order valence-electron chi connectivity index (χ3n) is 7.17. The maximum atomic E-state index is 2.37. The van der Waals surface area contributed by atoms with Gasteiger partial charge in [0.05, 0.1) is 0 Å². The molecule has 0 radical (unpaired) electrons. The Balaban J connectivity index is 1.44. The van der Waals surface area contributed by atoms with Gasteiger partial charge in [0.1, 0.15) is 0 Å². The van der Waals surface area contributed by atoms with Crippen LogP contribution in [0.4, 0.5) is 0 Å². The van der Waals surface area contributed by atoms with Gasteiger partial charge in [-0.3, -0.25) is 0 Å². The van der Waals surface area contributed by atoms with E-state index in [9.17, 15) is 0 Å². The quantitative estimate of drug-likeness (QED) is 0.140. The van der Waals surface area contributed by atoms with Crippen LogP contribution < -0.4 is 4.57 Å². The normalized spacial score (nSPS) is 12.2. The van der Waals surface area contributed by atoms with Crippen LogP contribution in [-0.4, -0.2) is 0 Å². The number of hydrogen-bond donors (Lipinski definition) is 0. The standard InChI is InChI=1S/C32H52N/c1-3-5-6-7-8-9-10-11-12-13-14-15-16-17-18-20-23-30-26-28-33(29-27-30)32(4-2)31-24-21-19-22-25-31/h19,21-22,24-29,32H,3-18,20,23H2,1-2H3/q+1. The second-order valence-corrected chi connectivity index (χ2v) is 10.0. The van der Waals surface area contributed by atoms with Crippen LogP contribution >= 0.6 is 0 Å². The van der Waals surface area contributed by atoms with Crippen molar-refractivity contribution in [1.29, 1.82) is 0 Å². The molecular weight excluding hydrogens is 398 g/mol. The molecule has 33 heavy (non-hydrogen) atoms. The topological polar surface area (TPSA) is 3.88 Å². The van der Waals surface area contributed by atoms with Crippen LogP contribution in [-0.2, 0) is 6.42 Å². The van der Waals surface area contributed by atoms with Crippen molar-refractivity contribution in [3.8, 4) is 0 Å². The Morgan fingerprint density at radius 1 is 0.545 bits per heavy atom. The molecule has 0 fully saturated rings. The molecule has 0 amide bonds. The highest BCUT2D eigenvalue weighted by atomic mass is 15.0. The van der Waals surface area contributed by atoms with Crippen LogP contribution in [0.15, 0.2) is 54.9 Å². The monoisotopic (exact) mass is 450 g/mol. The van der Waals surface area contributed by atoms with Gasteiger partial charge >= 0.3 is 0 Å². The van der Waals surface area contributed by atoms with Crippen LogP contribution in [0, 0.1) is 0 Å². The fourth-order valence-corrected chi connectivity index (χ4v) is 5.01. The van der Waals surface area contributed by atoms with Gasteiger partial charge in [-0.1, -0.05) is 140 Å². The zero-order valence-corrected chi connectivity index (χ0v) is 21.9. The van der Waals surface area contributed by atoms with E-state index >= 15 is 0 Å². The van der Waals surface area contributed by atoms with Crippen molar-refractivity contribution < 1.29 is 4.57 Å². The molecule has 1 atom stereocenters. The molecule has 184 valence electrons. The second-order valence-electron chi connectivity index (χ2n) is 10.0. The number of unbranched alkanes of at least 4 members (excludes halogenated alkanes) is 15. The Kier molecular flexibility index (Phi) is 15.7. The predicted molar refractivity (Wildman–Crippen MR) is 145 cm³/mol. The van der Waals surface area contributed by atoms with Crippen molar-refractivity contribution >= 4 is 0 Å². The van der Waals surface area contributed by atoms with Crippen LogP contribution in [0.25, 0.3) is 0 Å². The molecule has 0 N–H and O–H groups in total. The summed E-state index contributed by atoms with van der Waals surface area (Å²) in [5.74, 6) is 0. The zero-order valence-electron chi connectivity index (χ0n) is 21.9. The highest BCUT2D eigenvalue weighted by molar-refractivity contribution is 5.17. The minimum atomic E-state index is 0.441. The predicted octanol–water partition coefficient (Wildman–Crippen LogP) is 9.78. The van der Waals surface area contributed by atoms with E-state index in [-0.39, 0.29) is 0 Å². The summed E-state index contributed by atoms with van der Waals surface area (Å²) in [6.07, 6.45) is 29.9. The smallest absolute Gasteiger partial charge is 0.183 e. The van der Waals surface area contributed by atoms with E-state index in [1.54, 1.807) is 0 Å². The van der Waals surface area contributed by atoms with Crippen molar-refractivity contribution in [1.82, 2.24) is 0 Å². The molecule has 1 unspecified atom stereocenters. The minimum absolute atomic E-state index is 0.441. The minimum Gasteiger partial charge on any atom is -0.198 e. The molecular formula is C32H52N+. The lowest BCUT2D eigenvalue weighted by Gasteiger charge is -2.11. The van der Waals surface area contributed by atoms with Gasteiger partial charge in [-0.25, -0.2) is 0 Å². The van der Waals surface area contributed by atoms with Gasteiger partial charge in [-0.2, -0.15) is 4.57 Å². The fraction of sp³-hybridized carbons (Fsp3) is 0.656. The van der Waals surface area contributed by atoms with Crippen molar-refractivity contribution in [2.24, 2.45) is 0 Å². The molecule has 0 saturated carbocycles. The largest absolute Gasteiger partial charge is 0.198 e. The molecule has 0 aliphatic heterocycles. The number of hydrogen-bond acceptors (Lipinski definition) is 0. The summed E-state index contributed by atoms with van der Waals surface area (Å²) < 4.78 is 2.37. The molecule has 0 aliphatic rings. The number of nitrogens with zero attached hydrogens (tertiary/aromatic N) is 1. The molecule has 2 aromatic rings. The van der Waals surface area contributed by atoms with Crippen LogP contribution in [0.5, 0.6) is 0 Å². The SMILES string of the molecule is CCCCCCCCCCCCCCCCCCc1cc[n+](C(CC)c2ccccc2)cc1. The van der Waals surface area contributed by atoms with Crippen molar-refractivity contribution in [3.05, 3.63) is 66.0 Å².